The topological polar surface area (TPSA) is 18.5 Å². The lowest BCUT2D eigenvalue weighted by Crippen LogP contribution is -2.31. The zero-order valence-electron chi connectivity index (χ0n) is 7.63. The molecule has 76 valence electrons. The van der Waals surface area contributed by atoms with E-state index in [2.05, 4.69) is 0 Å². The van der Waals surface area contributed by atoms with E-state index in [9.17, 15) is 0 Å². The van der Waals surface area contributed by atoms with Crippen molar-refractivity contribution in [2.45, 2.75) is 19.6 Å². The van der Waals surface area contributed by atoms with Crippen molar-refractivity contribution in [1.82, 2.24) is 0 Å². The molecule has 0 aliphatic carbocycles. The molecule has 1 saturated heterocycles. The molecule has 0 spiro atoms. The lowest BCUT2D eigenvalue weighted by Gasteiger charge is -2.27. The summed E-state index contributed by atoms with van der Waals surface area (Å²) in [5.74, 6) is 0.497. The molecule has 1 rings (SSSR count). The standard InChI is InChI=1S/C9H14Cl2O2/c1-7(8(11)3-4-10)9-12-5-2-6-13-9/h3,7,9H,2,4-6H2,1H3/b8-3+. The zero-order valence-corrected chi connectivity index (χ0v) is 9.14. The van der Waals surface area contributed by atoms with Crippen molar-refractivity contribution in [3.63, 3.8) is 0 Å². The number of halogens is 2. The van der Waals surface area contributed by atoms with Gasteiger partial charge in [-0.2, -0.15) is 0 Å². The molecule has 1 unspecified atom stereocenters. The van der Waals surface area contributed by atoms with Crippen LogP contribution in [0.4, 0.5) is 0 Å². The van der Waals surface area contributed by atoms with Crippen LogP contribution >= 0.6 is 23.2 Å². The number of rotatable bonds is 3. The van der Waals surface area contributed by atoms with E-state index in [1.165, 1.54) is 0 Å². The molecule has 0 bridgehead atoms. The van der Waals surface area contributed by atoms with Gasteiger partial charge < -0.3 is 9.47 Å². The second kappa shape index (κ2) is 5.86. The Morgan fingerprint density at radius 1 is 1.54 bits per heavy atom. The molecule has 1 heterocycles. The largest absolute Gasteiger partial charge is 0.352 e. The first kappa shape index (κ1) is 11.3. The molecular formula is C9H14Cl2O2. The van der Waals surface area contributed by atoms with Crippen LogP contribution in [0, 0.1) is 5.92 Å². The van der Waals surface area contributed by atoms with Gasteiger partial charge in [0, 0.05) is 16.8 Å². The van der Waals surface area contributed by atoms with Gasteiger partial charge in [-0.15, -0.1) is 11.6 Å². The average molecular weight is 225 g/mol. The van der Waals surface area contributed by atoms with Gasteiger partial charge in [0.1, 0.15) is 0 Å². The molecular weight excluding hydrogens is 211 g/mol. The molecule has 0 N–H and O–H groups in total. The van der Waals surface area contributed by atoms with Gasteiger partial charge in [0.05, 0.1) is 13.2 Å². The van der Waals surface area contributed by atoms with Crippen molar-refractivity contribution in [2.24, 2.45) is 5.92 Å². The minimum absolute atomic E-state index is 0.0701. The van der Waals surface area contributed by atoms with Crippen molar-refractivity contribution in [1.29, 1.82) is 0 Å². The third-order valence-corrected chi connectivity index (χ3v) is 2.62. The summed E-state index contributed by atoms with van der Waals surface area (Å²) in [6, 6.07) is 0. The third-order valence-electron chi connectivity index (χ3n) is 1.97. The van der Waals surface area contributed by atoms with Crippen LogP contribution in [0.1, 0.15) is 13.3 Å². The van der Waals surface area contributed by atoms with Crippen LogP contribution in [-0.4, -0.2) is 25.4 Å². The summed E-state index contributed by atoms with van der Waals surface area (Å²) in [5, 5.41) is 0.710. The first-order valence-corrected chi connectivity index (χ1v) is 5.31. The van der Waals surface area contributed by atoms with Gasteiger partial charge in [-0.05, 0) is 6.42 Å². The van der Waals surface area contributed by atoms with Gasteiger partial charge in [-0.1, -0.05) is 24.6 Å². The van der Waals surface area contributed by atoms with Gasteiger partial charge in [0.15, 0.2) is 6.29 Å². The van der Waals surface area contributed by atoms with Gasteiger partial charge >= 0.3 is 0 Å². The Labute approximate surface area is 88.8 Å². The highest BCUT2D eigenvalue weighted by molar-refractivity contribution is 6.30. The Morgan fingerprint density at radius 2 is 2.15 bits per heavy atom. The molecule has 0 radical (unpaired) electrons. The molecule has 1 atom stereocenters. The van der Waals surface area contributed by atoms with Crippen LogP contribution in [-0.2, 0) is 9.47 Å². The lowest BCUT2D eigenvalue weighted by atomic mass is 10.1. The zero-order chi connectivity index (χ0) is 9.68. The monoisotopic (exact) mass is 224 g/mol. The number of hydrogen-bond donors (Lipinski definition) is 0. The van der Waals surface area contributed by atoms with E-state index in [0.717, 1.165) is 19.6 Å². The Kier molecular flexibility index (Phi) is 5.10. The SMILES string of the molecule is CC(/C(Cl)=C\CCl)C1OCCCO1. The van der Waals surface area contributed by atoms with Crippen LogP contribution in [0.5, 0.6) is 0 Å². The van der Waals surface area contributed by atoms with Crippen molar-refractivity contribution in [3.05, 3.63) is 11.1 Å². The Hall–Kier alpha value is 0.240. The van der Waals surface area contributed by atoms with Gasteiger partial charge in [-0.3, -0.25) is 0 Å². The Bertz CT molecular complexity index is 176. The van der Waals surface area contributed by atoms with E-state index in [1.54, 1.807) is 6.08 Å². The lowest BCUT2D eigenvalue weighted by molar-refractivity contribution is -0.194. The summed E-state index contributed by atoms with van der Waals surface area (Å²) < 4.78 is 10.8. The van der Waals surface area contributed by atoms with Crippen LogP contribution < -0.4 is 0 Å². The molecule has 0 amide bonds. The first-order valence-electron chi connectivity index (χ1n) is 4.40. The molecule has 1 aliphatic rings. The summed E-state index contributed by atoms with van der Waals surface area (Å²) in [7, 11) is 0. The fraction of sp³-hybridized carbons (Fsp3) is 0.778. The number of ether oxygens (including phenoxy) is 2. The minimum Gasteiger partial charge on any atom is -0.352 e. The van der Waals surface area contributed by atoms with E-state index >= 15 is 0 Å². The summed E-state index contributed by atoms with van der Waals surface area (Å²) >= 11 is 11.5. The van der Waals surface area contributed by atoms with E-state index in [1.807, 2.05) is 6.92 Å². The maximum Gasteiger partial charge on any atom is 0.164 e. The molecule has 0 aromatic carbocycles. The molecule has 4 heteroatoms. The van der Waals surface area contributed by atoms with Gasteiger partial charge in [0.2, 0.25) is 0 Å². The second-order valence-corrected chi connectivity index (χ2v) is 3.74. The van der Waals surface area contributed by atoms with E-state index in [-0.39, 0.29) is 12.2 Å². The maximum absolute atomic E-state index is 5.98. The highest BCUT2D eigenvalue weighted by Crippen LogP contribution is 2.24. The smallest absolute Gasteiger partial charge is 0.164 e. The van der Waals surface area contributed by atoms with Crippen LogP contribution in [0.25, 0.3) is 0 Å². The average Bonchev–Trinajstić information content (AvgIpc) is 2.18. The van der Waals surface area contributed by atoms with Crippen LogP contribution in [0.2, 0.25) is 0 Å². The normalized spacial score (nSPS) is 23.2. The summed E-state index contributed by atoms with van der Waals surface area (Å²) in [6.07, 6.45) is 2.52. The van der Waals surface area contributed by atoms with Crippen LogP contribution in [0.15, 0.2) is 11.1 Å². The van der Waals surface area contributed by atoms with Gasteiger partial charge in [0.25, 0.3) is 0 Å². The Balaban J connectivity index is 2.44. The molecule has 0 aromatic rings. The van der Waals surface area contributed by atoms with Gasteiger partial charge in [-0.25, -0.2) is 0 Å². The number of alkyl halides is 1. The van der Waals surface area contributed by atoms with E-state index in [0.29, 0.717) is 10.9 Å². The maximum atomic E-state index is 5.98. The molecule has 2 nitrogen and oxygen atoms in total. The van der Waals surface area contributed by atoms with Crippen molar-refractivity contribution < 1.29 is 9.47 Å². The van der Waals surface area contributed by atoms with Crippen LogP contribution in [0.3, 0.4) is 0 Å². The minimum atomic E-state index is -0.208. The van der Waals surface area contributed by atoms with Crippen molar-refractivity contribution in [3.8, 4) is 0 Å². The van der Waals surface area contributed by atoms with Crippen molar-refractivity contribution in [2.75, 3.05) is 19.1 Å². The molecule has 0 saturated carbocycles. The molecule has 13 heavy (non-hydrogen) atoms. The van der Waals surface area contributed by atoms with E-state index in [4.69, 9.17) is 32.7 Å². The Morgan fingerprint density at radius 3 is 2.69 bits per heavy atom. The fourth-order valence-corrected chi connectivity index (χ4v) is 1.61. The molecule has 0 aromatic heterocycles. The highest BCUT2D eigenvalue weighted by atomic mass is 35.5. The van der Waals surface area contributed by atoms with E-state index < -0.39 is 0 Å². The van der Waals surface area contributed by atoms with Crippen molar-refractivity contribution >= 4 is 23.2 Å². The molecule has 1 aliphatic heterocycles. The third kappa shape index (κ3) is 3.47. The predicted molar refractivity (Wildman–Crippen MR) is 54.1 cm³/mol. The highest BCUT2D eigenvalue weighted by Gasteiger charge is 2.23. The molecule has 1 fully saturated rings. The number of hydrogen-bond acceptors (Lipinski definition) is 2. The number of allylic oxidation sites excluding steroid dienone is 1. The quantitative estimate of drug-likeness (QED) is 0.687. The summed E-state index contributed by atoms with van der Waals surface area (Å²) in [5.41, 5.74) is 0. The summed E-state index contributed by atoms with van der Waals surface area (Å²) in [4.78, 5) is 0. The second-order valence-electron chi connectivity index (χ2n) is 3.00. The first-order chi connectivity index (χ1) is 6.25. The summed E-state index contributed by atoms with van der Waals surface area (Å²) in [6.45, 7) is 3.47. The fourth-order valence-electron chi connectivity index (χ4n) is 1.18. The predicted octanol–water partition coefficient (Wildman–Crippen LogP) is 2.75.